The molecule has 1 amide bonds. The number of hydrogen-bond acceptors (Lipinski definition) is 5. The molecule has 0 fully saturated rings. The Morgan fingerprint density at radius 1 is 1.00 bits per heavy atom. The number of benzene rings is 3. The van der Waals surface area contributed by atoms with Crippen molar-refractivity contribution in [3.63, 3.8) is 0 Å². The highest BCUT2D eigenvalue weighted by atomic mass is 32.1. The summed E-state index contributed by atoms with van der Waals surface area (Å²) in [7, 11) is 4.00. The molecule has 0 bridgehead atoms. The number of ether oxygens (including phenoxy) is 1. The van der Waals surface area contributed by atoms with Crippen LogP contribution in [0.4, 0.5) is 5.13 Å². The molecule has 4 rings (SSSR count). The summed E-state index contributed by atoms with van der Waals surface area (Å²) >= 11 is 1.55. The Balaban J connectivity index is 1.56. The molecule has 5 nitrogen and oxygen atoms in total. The lowest BCUT2D eigenvalue weighted by Gasteiger charge is -2.22. The highest BCUT2D eigenvalue weighted by molar-refractivity contribution is 7.22. The van der Waals surface area contributed by atoms with Crippen LogP contribution in [0.2, 0.25) is 0 Å². The van der Waals surface area contributed by atoms with Crippen LogP contribution >= 0.6 is 11.3 Å². The summed E-state index contributed by atoms with van der Waals surface area (Å²) in [5.74, 6) is 0.596. The second kappa shape index (κ2) is 9.04. The minimum Gasteiger partial charge on any atom is -0.484 e. The van der Waals surface area contributed by atoms with Crippen LogP contribution in [-0.2, 0) is 4.79 Å². The van der Waals surface area contributed by atoms with E-state index in [9.17, 15) is 4.79 Å². The maximum atomic E-state index is 13.2. The van der Waals surface area contributed by atoms with Gasteiger partial charge in [0.25, 0.3) is 5.91 Å². The summed E-state index contributed by atoms with van der Waals surface area (Å²) in [6, 6.07) is 18.2. The number of thiazole rings is 1. The number of aromatic nitrogens is 1. The van der Waals surface area contributed by atoms with Crippen molar-refractivity contribution in [1.82, 2.24) is 9.88 Å². The van der Waals surface area contributed by atoms with Gasteiger partial charge in [-0.1, -0.05) is 47.7 Å². The Kier molecular flexibility index (Phi) is 6.20. The summed E-state index contributed by atoms with van der Waals surface area (Å²) < 4.78 is 6.97. The second-order valence-electron chi connectivity index (χ2n) is 8.00. The molecule has 0 spiro atoms. The fraction of sp³-hybridized carbons (Fsp3) is 0.280. The van der Waals surface area contributed by atoms with Gasteiger partial charge in [-0.3, -0.25) is 9.69 Å². The minimum atomic E-state index is -0.0940. The molecule has 4 aromatic rings. The van der Waals surface area contributed by atoms with E-state index in [4.69, 9.17) is 9.72 Å². The number of carbonyl (C=O) groups excluding carboxylic acids is 1. The monoisotopic (exact) mass is 433 g/mol. The largest absolute Gasteiger partial charge is 0.484 e. The van der Waals surface area contributed by atoms with Crippen molar-refractivity contribution in [3.8, 4) is 5.75 Å². The zero-order valence-corrected chi connectivity index (χ0v) is 19.2. The van der Waals surface area contributed by atoms with Gasteiger partial charge < -0.3 is 9.64 Å². The van der Waals surface area contributed by atoms with Crippen LogP contribution in [0.25, 0.3) is 21.0 Å². The van der Waals surface area contributed by atoms with Crippen LogP contribution in [-0.4, -0.2) is 49.6 Å². The number of hydrogen-bond donors (Lipinski definition) is 0. The Morgan fingerprint density at radius 3 is 2.55 bits per heavy atom. The zero-order valence-electron chi connectivity index (χ0n) is 18.4. The van der Waals surface area contributed by atoms with E-state index in [-0.39, 0.29) is 12.5 Å². The van der Waals surface area contributed by atoms with Crippen LogP contribution in [0.5, 0.6) is 5.75 Å². The third-order valence-electron chi connectivity index (χ3n) is 5.46. The number of nitrogens with zero attached hydrogens (tertiary/aromatic N) is 3. The highest BCUT2D eigenvalue weighted by Gasteiger charge is 2.21. The Labute approximate surface area is 186 Å². The molecule has 0 aliphatic heterocycles. The maximum Gasteiger partial charge on any atom is 0.266 e. The van der Waals surface area contributed by atoms with Crippen molar-refractivity contribution in [2.24, 2.45) is 0 Å². The van der Waals surface area contributed by atoms with E-state index >= 15 is 0 Å². The van der Waals surface area contributed by atoms with E-state index in [1.165, 1.54) is 5.56 Å². The fourth-order valence-corrected chi connectivity index (χ4v) is 4.51. The molecule has 0 saturated carbocycles. The lowest BCUT2D eigenvalue weighted by atomic mass is 10.1. The van der Waals surface area contributed by atoms with Gasteiger partial charge in [0.2, 0.25) is 0 Å². The lowest BCUT2D eigenvalue weighted by molar-refractivity contribution is -0.120. The minimum absolute atomic E-state index is 0.0281. The summed E-state index contributed by atoms with van der Waals surface area (Å²) in [6.07, 6.45) is 0. The Morgan fingerprint density at radius 2 is 1.77 bits per heavy atom. The molecule has 1 aromatic heterocycles. The number of amides is 1. The van der Waals surface area contributed by atoms with Gasteiger partial charge in [0.1, 0.15) is 5.75 Å². The van der Waals surface area contributed by atoms with E-state index < -0.39 is 0 Å². The standard InChI is InChI=1S/C25H27N3O2S/c1-17-9-12-22-24(18(17)2)26-25(31-22)28(14-13-27(3)4)23(29)16-30-21-11-10-19-7-5-6-8-20(19)15-21/h5-12,15H,13-14,16H2,1-4H3. The van der Waals surface area contributed by atoms with Crippen LogP contribution in [0, 0.1) is 13.8 Å². The predicted octanol–water partition coefficient (Wildman–Crippen LogP) is 5.04. The van der Waals surface area contributed by atoms with E-state index in [0.717, 1.165) is 38.2 Å². The van der Waals surface area contributed by atoms with Gasteiger partial charge in [0.15, 0.2) is 11.7 Å². The molecule has 3 aromatic carbocycles. The van der Waals surface area contributed by atoms with Gasteiger partial charge in [-0.05, 0) is 68.0 Å². The summed E-state index contributed by atoms with van der Waals surface area (Å²) in [5.41, 5.74) is 3.33. The van der Waals surface area contributed by atoms with Gasteiger partial charge in [-0.2, -0.15) is 0 Å². The molecule has 0 unspecified atom stereocenters. The smallest absolute Gasteiger partial charge is 0.266 e. The van der Waals surface area contributed by atoms with Gasteiger partial charge in [0.05, 0.1) is 10.2 Å². The molecule has 1 heterocycles. The lowest BCUT2D eigenvalue weighted by Crippen LogP contribution is -2.39. The van der Waals surface area contributed by atoms with Crippen LogP contribution in [0.1, 0.15) is 11.1 Å². The fourth-order valence-electron chi connectivity index (χ4n) is 3.44. The van der Waals surface area contributed by atoms with Crippen molar-refractivity contribution in [2.45, 2.75) is 13.8 Å². The first-order valence-corrected chi connectivity index (χ1v) is 11.2. The van der Waals surface area contributed by atoms with Gasteiger partial charge in [-0.15, -0.1) is 0 Å². The number of rotatable bonds is 7. The molecule has 0 N–H and O–H groups in total. The van der Waals surface area contributed by atoms with Crippen molar-refractivity contribution in [3.05, 3.63) is 65.7 Å². The van der Waals surface area contributed by atoms with Crippen molar-refractivity contribution in [2.75, 3.05) is 38.7 Å². The molecule has 160 valence electrons. The summed E-state index contributed by atoms with van der Waals surface area (Å²) in [6.45, 7) is 5.44. The summed E-state index contributed by atoms with van der Waals surface area (Å²) in [5, 5.41) is 2.96. The van der Waals surface area contributed by atoms with Crippen molar-refractivity contribution >= 4 is 43.4 Å². The molecule has 0 saturated heterocycles. The molecule has 31 heavy (non-hydrogen) atoms. The molecule has 6 heteroatoms. The van der Waals surface area contributed by atoms with Gasteiger partial charge in [0, 0.05) is 13.1 Å². The number of likely N-dealkylation sites (N-methyl/N-ethyl adjacent to an activating group) is 1. The van der Waals surface area contributed by atoms with E-state index in [0.29, 0.717) is 12.3 Å². The first-order valence-electron chi connectivity index (χ1n) is 10.4. The van der Waals surface area contributed by atoms with E-state index in [1.807, 2.05) is 50.5 Å². The predicted molar refractivity (Wildman–Crippen MR) is 129 cm³/mol. The second-order valence-corrected chi connectivity index (χ2v) is 9.01. The molecule has 0 aliphatic rings. The highest BCUT2D eigenvalue weighted by Crippen LogP contribution is 2.32. The van der Waals surface area contributed by atoms with Crippen LogP contribution in [0.3, 0.4) is 0 Å². The maximum absolute atomic E-state index is 13.2. The van der Waals surface area contributed by atoms with Crippen LogP contribution in [0.15, 0.2) is 54.6 Å². The molecule has 0 aliphatic carbocycles. The molecule has 0 radical (unpaired) electrons. The molecule has 0 atom stereocenters. The Hall–Kier alpha value is -2.96. The van der Waals surface area contributed by atoms with Crippen molar-refractivity contribution in [1.29, 1.82) is 0 Å². The number of anilines is 1. The normalized spacial score (nSPS) is 11.4. The zero-order chi connectivity index (χ0) is 22.0. The van der Waals surface area contributed by atoms with Crippen molar-refractivity contribution < 1.29 is 9.53 Å². The number of carbonyl (C=O) groups is 1. The first kappa shape index (κ1) is 21.3. The topological polar surface area (TPSA) is 45.7 Å². The average Bonchev–Trinajstić information content (AvgIpc) is 3.19. The third kappa shape index (κ3) is 4.70. The van der Waals surface area contributed by atoms with E-state index in [1.54, 1.807) is 16.2 Å². The van der Waals surface area contributed by atoms with Gasteiger partial charge in [-0.25, -0.2) is 4.98 Å². The SMILES string of the molecule is Cc1ccc2sc(N(CCN(C)C)C(=O)COc3ccc4ccccc4c3)nc2c1C. The number of aryl methyl sites for hydroxylation is 2. The van der Waals surface area contributed by atoms with Gasteiger partial charge >= 0.3 is 0 Å². The first-order chi connectivity index (χ1) is 14.9. The third-order valence-corrected chi connectivity index (χ3v) is 6.50. The number of fused-ring (bicyclic) bond motifs is 2. The Bertz CT molecular complexity index is 1230. The molecular weight excluding hydrogens is 406 g/mol. The quantitative estimate of drug-likeness (QED) is 0.410. The average molecular weight is 434 g/mol. The summed E-state index contributed by atoms with van der Waals surface area (Å²) in [4.78, 5) is 21.8. The van der Waals surface area contributed by atoms with E-state index in [2.05, 4.69) is 36.9 Å². The van der Waals surface area contributed by atoms with Crippen LogP contribution < -0.4 is 9.64 Å². The molecular formula is C25H27N3O2S.